The number of pyridine rings is 1. The number of halogens is 2. The van der Waals surface area contributed by atoms with Crippen molar-refractivity contribution in [1.82, 2.24) is 4.98 Å². The summed E-state index contributed by atoms with van der Waals surface area (Å²) in [5, 5.41) is 9.97. The fraction of sp³-hybridized carbons (Fsp3) is 0.154. The molecule has 1 N–H and O–H groups in total. The molecule has 1 unspecified atom stereocenters. The summed E-state index contributed by atoms with van der Waals surface area (Å²) in [4.78, 5) is 4.11. The van der Waals surface area contributed by atoms with E-state index in [1.54, 1.807) is 25.1 Å². The first-order valence-electron chi connectivity index (χ1n) is 5.14. The van der Waals surface area contributed by atoms with Gasteiger partial charge in [-0.1, -0.05) is 6.07 Å². The Kier molecular flexibility index (Phi) is 3.15. The van der Waals surface area contributed by atoms with Gasteiger partial charge in [0.1, 0.15) is 17.7 Å². The minimum absolute atomic E-state index is 0.153. The number of rotatable bonds is 2. The van der Waals surface area contributed by atoms with Crippen molar-refractivity contribution in [2.45, 2.75) is 13.0 Å². The van der Waals surface area contributed by atoms with Gasteiger partial charge in [-0.2, -0.15) is 0 Å². The predicted molar refractivity (Wildman–Crippen MR) is 59.4 cm³/mol. The van der Waals surface area contributed by atoms with E-state index in [0.29, 0.717) is 5.69 Å². The molecule has 4 heteroatoms. The summed E-state index contributed by atoms with van der Waals surface area (Å²) >= 11 is 0. The zero-order chi connectivity index (χ0) is 12.4. The van der Waals surface area contributed by atoms with Crippen LogP contribution >= 0.6 is 0 Å². The summed E-state index contributed by atoms with van der Waals surface area (Å²) in [6.45, 7) is 1.78. The average Bonchev–Trinajstić information content (AvgIpc) is 2.26. The predicted octanol–water partition coefficient (Wildman–Crippen LogP) is 2.75. The Morgan fingerprint density at radius 3 is 2.35 bits per heavy atom. The summed E-state index contributed by atoms with van der Waals surface area (Å²) in [5.74, 6) is -1.43. The molecule has 17 heavy (non-hydrogen) atoms. The van der Waals surface area contributed by atoms with Crippen LogP contribution in [0.5, 0.6) is 0 Å². The summed E-state index contributed by atoms with van der Waals surface area (Å²) in [5.41, 5.74) is 1.26. The third kappa shape index (κ3) is 2.65. The van der Waals surface area contributed by atoms with E-state index in [4.69, 9.17) is 0 Å². The molecule has 0 bridgehead atoms. The fourth-order valence-corrected chi connectivity index (χ4v) is 1.62. The zero-order valence-electron chi connectivity index (χ0n) is 9.19. The summed E-state index contributed by atoms with van der Waals surface area (Å²) in [6, 6.07) is 8.08. The lowest BCUT2D eigenvalue weighted by molar-refractivity contribution is 0.214. The molecular weight excluding hydrogens is 224 g/mol. The molecule has 0 aliphatic heterocycles. The Labute approximate surface area is 97.6 Å². The van der Waals surface area contributed by atoms with Crippen molar-refractivity contribution < 1.29 is 13.9 Å². The van der Waals surface area contributed by atoms with E-state index in [0.717, 1.165) is 23.9 Å². The smallest absolute Gasteiger partial charge is 0.126 e. The largest absolute Gasteiger partial charge is 0.382 e. The molecule has 88 valence electrons. The van der Waals surface area contributed by atoms with E-state index in [9.17, 15) is 13.9 Å². The number of aliphatic hydroxyl groups excluding tert-OH is 1. The van der Waals surface area contributed by atoms with Gasteiger partial charge in [0.15, 0.2) is 0 Å². The van der Waals surface area contributed by atoms with Gasteiger partial charge in [-0.3, -0.25) is 4.98 Å². The highest BCUT2D eigenvalue weighted by Gasteiger charge is 2.14. The molecule has 0 radical (unpaired) electrons. The van der Waals surface area contributed by atoms with Gasteiger partial charge < -0.3 is 5.11 Å². The number of aryl methyl sites for hydroxylation is 1. The Morgan fingerprint density at radius 1 is 1.12 bits per heavy atom. The molecule has 0 amide bonds. The average molecular weight is 235 g/mol. The van der Waals surface area contributed by atoms with E-state index >= 15 is 0 Å². The molecule has 2 rings (SSSR count). The minimum Gasteiger partial charge on any atom is -0.382 e. The Hall–Kier alpha value is -1.81. The first-order valence-corrected chi connectivity index (χ1v) is 5.14. The molecule has 0 fully saturated rings. The van der Waals surface area contributed by atoms with Gasteiger partial charge >= 0.3 is 0 Å². The van der Waals surface area contributed by atoms with Gasteiger partial charge in [-0.25, -0.2) is 8.78 Å². The third-order valence-corrected chi connectivity index (χ3v) is 2.39. The Morgan fingerprint density at radius 2 is 1.76 bits per heavy atom. The van der Waals surface area contributed by atoms with Crippen molar-refractivity contribution in [3.05, 3.63) is 65.0 Å². The highest BCUT2D eigenvalue weighted by molar-refractivity contribution is 5.27. The topological polar surface area (TPSA) is 33.1 Å². The summed E-state index contributed by atoms with van der Waals surface area (Å²) < 4.78 is 26.0. The molecule has 0 saturated heterocycles. The number of benzene rings is 1. The molecule has 1 aromatic heterocycles. The van der Waals surface area contributed by atoms with Crippen LogP contribution in [-0.4, -0.2) is 10.1 Å². The van der Waals surface area contributed by atoms with Crippen LogP contribution in [0.15, 0.2) is 36.4 Å². The van der Waals surface area contributed by atoms with Gasteiger partial charge in [0, 0.05) is 11.8 Å². The number of hydrogen-bond acceptors (Lipinski definition) is 2. The maximum Gasteiger partial charge on any atom is 0.126 e. The van der Waals surface area contributed by atoms with Gasteiger partial charge in [0.05, 0.1) is 5.69 Å². The maximum atomic E-state index is 13.0. The van der Waals surface area contributed by atoms with E-state index in [1.807, 2.05) is 0 Å². The highest BCUT2D eigenvalue weighted by atomic mass is 19.1. The summed E-state index contributed by atoms with van der Waals surface area (Å²) in [6.07, 6.45) is -1.12. The Bertz CT molecular complexity index is 522. The van der Waals surface area contributed by atoms with Crippen LogP contribution in [0.2, 0.25) is 0 Å². The molecule has 0 saturated carbocycles. The molecule has 1 aromatic carbocycles. The number of nitrogens with zero attached hydrogens (tertiary/aromatic N) is 1. The molecule has 1 atom stereocenters. The first kappa shape index (κ1) is 11.7. The van der Waals surface area contributed by atoms with Crippen LogP contribution in [0.1, 0.15) is 23.1 Å². The second-order valence-electron chi connectivity index (χ2n) is 3.81. The summed E-state index contributed by atoms with van der Waals surface area (Å²) in [7, 11) is 0. The number of hydrogen-bond donors (Lipinski definition) is 1. The lowest BCUT2D eigenvalue weighted by atomic mass is 10.1. The standard InChI is InChI=1S/C13H11F2NO/c1-8-3-2-4-12(16-8)13(17)9-5-10(14)7-11(15)6-9/h2-7,13,17H,1H3. The van der Waals surface area contributed by atoms with Gasteiger partial charge in [-0.15, -0.1) is 0 Å². The van der Waals surface area contributed by atoms with Crippen molar-refractivity contribution in [1.29, 1.82) is 0 Å². The molecule has 0 aliphatic carbocycles. The van der Waals surface area contributed by atoms with Crippen LogP contribution < -0.4 is 0 Å². The van der Waals surface area contributed by atoms with Crippen LogP contribution in [0.25, 0.3) is 0 Å². The normalized spacial score (nSPS) is 12.5. The monoisotopic (exact) mass is 235 g/mol. The molecule has 2 nitrogen and oxygen atoms in total. The van der Waals surface area contributed by atoms with Crippen molar-refractivity contribution in [2.24, 2.45) is 0 Å². The molecule has 2 aromatic rings. The molecular formula is C13H11F2NO. The lowest BCUT2D eigenvalue weighted by Crippen LogP contribution is -2.04. The van der Waals surface area contributed by atoms with Crippen molar-refractivity contribution in [2.75, 3.05) is 0 Å². The van der Waals surface area contributed by atoms with E-state index in [2.05, 4.69) is 4.98 Å². The van der Waals surface area contributed by atoms with Crippen LogP contribution in [0, 0.1) is 18.6 Å². The SMILES string of the molecule is Cc1cccc(C(O)c2cc(F)cc(F)c2)n1. The van der Waals surface area contributed by atoms with Crippen molar-refractivity contribution in [3.8, 4) is 0 Å². The van der Waals surface area contributed by atoms with Crippen LogP contribution in [-0.2, 0) is 0 Å². The zero-order valence-corrected chi connectivity index (χ0v) is 9.19. The minimum atomic E-state index is -1.12. The Balaban J connectivity index is 2.39. The fourth-order valence-electron chi connectivity index (χ4n) is 1.62. The van der Waals surface area contributed by atoms with E-state index in [-0.39, 0.29) is 5.56 Å². The van der Waals surface area contributed by atoms with Gasteiger partial charge in [0.2, 0.25) is 0 Å². The van der Waals surface area contributed by atoms with Crippen LogP contribution in [0.3, 0.4) is 0 Å². The second kappa shape index (κ2) is 4.59. The quantitative estimate of drug-likeness (QED) is 0.868. The first-order chi connectivity index (χ1) is 8.06. The van der Waals surface area contributed by atoms with Crippen molar-refractivity contribution >= 4 is 0 Å². The second-order valence-corrected chi connectivity index (χ2v) is 3.81. The molecule has 1 heterocycles. The lowest BCUT2D eigenvalue weighted by Gasteiger charge is -2.11. The number of aliphatic hydroxyl groups is 1. The van der Waals surface area contributed by atoms with Crippen molar-refractivity contribution in [3.63, 3.8) is 0 Å². The highest BCUT2D eigenvalue weighted by Crippen LogP contribution is 2.22. The maximum absolute atomic E-state index is 13.0. The van der Waals surface area contributed by atoms with Gasteiger partial charge in [0.25, 0.3) is 0 Å². The van der Waals surface area contributed by atoms with Crippen LogP contribution in [0.4, 0.5) is 8.78 Å². The van der Waals surface area contributed by atoms with E-state index in [1.165, 1.54) is 0 Å². The van der Waals surface area contributed by atoms with E-state index < -0.39 is 17.7 Å². The third-order valence-electron chi connectivity index (χ3n) is 2.39. The van der Waals surface area contributed by atoms with Gasteiger partial charge in [-0.05, 0) is 36.8 Å². The number of aromatic nitrogens is 1. The molecule has 0 aliphatic rings. The molecule has 0 spiro atoms.